The third kappa shape index (κ3) is 5.31. The van der Waals surface area contributed by atoms with Crippen LogP contribution in [0.3, 0.4) is 0 Å². The van der Waals surface area contributed by atoms with Crippen LogP contribution in [0.25, 0.3) is 10.8 Å². The molecule has 158 valence electrons. The molecule has 0 fully saturated rings. The van der Waals surface area contributed by atoms with E-state index in [9.17, 15) is 13.2 Å². The summed E-state index contributed by atoms with van der Waals surface area (Å²) in [6.07, 6.45) is 0.317. The molecule has 0 radical (unpaired) electrons. The van der Waals surface area contributed by atoms with Gasteiger partial charge in [-0.25, -0.2) is 13.2 Å². The summed E-state index contributed by atoms with van der Waals surface area (Å²) in [5.41, 5.74) is 1.62. The molecule has 0 heterocycles. The van der Waals surface area contributed by atoms with Crippen molar-refractivity contribution in [2.45, 2.75) is 11.3 Å². The van der Waals surface area contributed by atoms with E-state index in [4.69, 9.17) is 0 Å². The second-order valence-electron chi connectivity index (χ2n) is 7.09. The molecule has 0 aromatic heterocycles. The highest BCUT2D eigenvalue weighted by Gasteiger charge is 2.18. The molecule has 6 nitrogen and oxygen atoms in total. The first-order chi connectivity index (χ1) is 14.3. The van der Waals surface area contributed by atoms with Crippen LogP contribution in [-0.2, 0) is 9.84 Å². The topological polar surface area (TPSA) is 78.5 Å². The minimum atomic E-state index is -3.49. The summed E-state index contributed by atoms with van der Waals surface area (Å²) in [7, 11) is 0.374. The molecule has 2 amide bonds. The third-order valence-corrected chi connectivity index (χ3v) is 6.98. The first kappa shape index (κ1) is 22.1. The lowest BCUT2D eigenvalue weighted by Gasteiger charge is -2.17. The quantitative estimate of drug-likeness (QED) is 0.473. The van der Waals surface area contributed by atoms with Crippen LogP contribution in [0.5, 0.6) is 0 Å². The van der Waals surface area contributed by atoms with Crippen molar-refractivity contribution < 1.29 is 13.2 Å². The van der Waals surface area contributed by atoms with Gasteiger partial charge in [0.1, 0.15) is 0 Å². The third-order valence-electron chi connectivity index (χ3n) is 4.63. The molecule has 0 unspecified atom stereocenters. The molecule has 0 aliphatic rings. The minimum absolute atomic E-state index is 0.0462. The number of nitrogens with zero attached hydrogens (tertiary/aromatic N) is 1. The lowest BCUT2D eigenvalue weighted by atomic mass is 10.1. The largest absolute Gasteiger partial charge is 0.377 e. The van der Waals surface area contributed by atoms with E-state index in [-0.39, 0.29) is 18.3 Å². The lowest BCUT2D eigenvalue weighted by molar-refractivity contribution is 0.252. The summed E-state index contributed by atoms with van der Waals surface area (Å²) >= 11 is 3.35. The van der Waals surface area contributed by atoms with E-state index in [1.165, 1.54) is 0 Å². The Morgan fingerprint density at radius 2 is 1.70 bits per heavy atom. The molecule has 30 heavy (non-hydrogen) atoms. The van der Waals surface area contributed by atoms with Crippen molar-refractivity contribution in [3.05, 3.63) is 65.1 Å². The zero-order chi connectivity index (χ0) is 21.7. The number of nitrogens with one attached hydrogen (secondary N) is 2. The molecule has 0 saturated carbocycles. The normalized spacial score (nSPS) is 11.3. The molecular weight excluding hydrogens is 466 g/mol. The van der Waals surface area contributed by atoms with Gasteiger partial charge in [-0.05, 0) is 36.8 Å². The molecule has 3 aromatic carbocycles. The summed E-state index contributed by atoms with van der Waals surface area (Å²) in [6.45, 7) is 0.257. The van der Waals surface area contributed by atoms with Crippen molar-refractivity contribution in [3.63, 3.8) is 0 Å². The SMILES string of the molecule is CN(C)c1cccc2c(S(=O)(=O)CCCNC(=O)Nc3cccc(Br)c3)cccc12. The van der Waals surface area contributed by atoms with Gasteiger partial charge in [0.15, 0.2) is 9.84 Å². The number of hydrogen-bond donors (Lipinski definition) is 2. The van der Waals surface area contributed by atoms with Gasteiger partial charge in [-0.3, -0.25) is 0 Å². The Hall–Kier alpha value is -2.58. The van der Waals surface area contributed by atoms with Gasteiger partial charge < -0.3 is 15.5 Å². The van der Waals surface area contributed by atoms with E-state index in [0.29, 0.717) is 22.4 Å². The van der Waals surface area contributed by atoms with Crippen LogP contribution >= 0.6 is 15.9 Å². The maximum atomic E-state index is 13.0. The van der Waals surface area contributed by atoms with E-state index in [2.05, 4.69) is 26.6 Å². The highest BCUT2D eigenvalue weighted by atomic mass is 79.9. The minimum Gasteiger partial charge on any atom is -0.377 e. The average molecular weight is 490 g/mol. The molecule has 0 aliphatic carbocycles. The number of halogens is 1. The Bertz CT molecular complexity index is 1160. The zero-order valence-electron chi connectivity index (χ0n) is 16.9. The molecule has 8 heteroatoms. The van der Waals surface area contributed by atoms with Crippen molar-refractivity contribution in [1.29, 1.82) is 0 Å². The van der Waals surface area contributed by atoms with Gasteiger partial charge in [-0.2, -0.15) is 0 Å². The van der Waals surface area contributed by atoms with Gasteiger partial charge in [0.25, 0.3) is 0 Å². The number of rotatable bonds is 7. The van der Waals surface area contributed by atoms with E-state index in [1.54, 1.807) is 24.3 Å². The highest BCUT2D eigenvalue weighted by Crippen LogP contribution is 2.30. The van der Waals surface area contributed by atoms with Crippen LogP contribution < -0.4 is 15.5 Å². The first-order valence-corrected chi connectivity index (χ1v) is 11.9. The molecule has 3 aromatic rings. The van der Waals surface area contributed by atoms with Crippen molar-refractivity contribution >= 4 is 53.9 Å². The highest BCUT2D eigenvalue weighted by molar-refractivity contribution is 9.10. The Morgan fingerprint density at radius 3 is 2.43 bits per heavy atom. The average Bonchev–Trinajstić information content (AvgIpc) is 2.70. The predicted molar refractivity (Wildman–Crippen MR) is 126 cm³/mol. The molecule has 2 N–H and O–H groups in total. The van der Waals surface area contributed by atoms with Crippen molar-refractivity contribution in [3.8, 4) is 0 Å². The summed E-state index contributed by atoms with van der Waals surface area (Å²) in [5, 5.41) is 7.03. The smallest absolute Gasteiger partial charge is 0.319 e. The Morgan fingerprint density at radius 1 is 1.00 bits per heavy atom. The summed E-state index contributed by atoms with van der Waals surface area (Å²) in [6, 6.07) is 17.9. The second-order valence-corrected chi connectivity index (χ2v) is 10.1. The number of fused-ring (bicyclic) bond motifs is 1. The van der Waals surface area contributed by atoms with Crippen LogP contribution in [-0.4, -0.2) is 40.8 Å². The van der Waals surface area contributed by atoms with Crippen molar-refractivity contribution in [2.75, 3.05) is 36.6 Å². The van der Waals surface area contributed by atoms with Crippen LogP contribution in [0, 0.1) is 0 Å². The summed E-state index contributed by atoms with van der Waals surface area (Å²) in [4.78, 5) is 14.3. The Labute approximate surface area is 185 Å². The Kier molecular flexibility index (Phi) is 6.99. The number of hydrogen-bond acceptors (Lipinski definition) is 4. The van der Waals surface area contributed by atoms with Crippen molar-refractivity contribution in [2.24, 2.45) is 0 Å². The fourth-order valence-electron chi connectivity index (χ4n) is 3.24. The van der Waals surface area contributed by atoms with Gasteiger partial charge >= 0.3 is 6.03 Å². The Balaban J connectivity index is 1.63. The number of benzene rings is 3. The molecule has 0 bridgehead atoms. The fourth-order valence-corrected chi connectivity index (χ4v) is 5.18. The van der Waals surface area contributed by atoms with Gasteiger partial charge in [-0.1, -0.05) is 46.3 Å². The molecule has 0 spiro atoms. The zero-order valence-corrected chi connectivity index (χ0v) is 19.3. The molecule has 0 saturated heterocycles. The molecular formula is C22H24BrN3O3S. The van der Waals surface area contributed by atoms with Gasteiger partial charge in [0, 0.05) is 47.3 Å². The lowest BCUT2D eigenvalue weighted by Crippen LogP contribution is -2.30. The number of carbonyl (C=O) groups is 1. The standard InChI is InChI=1S/C22H24BrN3O3S/c1-26(2)20-11-4-10-19-18(20)9-5-12-21(19)30(28,29)14-6-13-24-22(27)25-17-8-3-7-16(23)15-17/h3-5,7-12,15H,6,13-14H2,1-2H3,(H2,24,25,27). The van der Waals surface area contributed by atoms with Crippen LogP contribution in [0.1, 0.15) is 6.42 Å². The van der Waals surface area contributed by atoms with Gasteiger partial charge in [-0.15, -0.1) is 0 Å². The summed E-state index contributed by atoms with van der Waals surface area (Å²) < 4.78 is 26.8. The van der Waals surface area contributed by atoms with E-state index in [0.717, 1.165) is 15.5 Å². The number of anilines is 2. The van der Waals surface area contributed by atoms with Crippen LogP contribution in [0.15, 0.2) is 70.0 Å². The van der Waals surface area contributed by atoms with Gasteiger partial charge in [0.05, 0.1) is 10.6 Å². The van der Waals surface area contributed by atoms with E-state index < -0.39 is 9.84 Å². The number of carbonyl (C=O) groups excluding carboxylic acids is 1. The molecule has 3 rings (SSSR count). The number of amides is 2. The maximum absolute atomic E-state index is 13.0. The maximum Gasteiger partial charge on any atom is 0.319 e. The fraction of sp³-hybridized carbons (Fsp3) is 0.227. The first-order valence-electron chi connectivity index (χ1n) is 9.50. The predicted octanol–water partition coefficient (Wildman–Crippen LogP) is 4.65. The molecule has 0 aliphatic heterocycles. The number of sulfone groups is 1. The number of urea groups is 1. The molecule has 0 atom stereocenters. The van der Waals surface area contributed by atoms with Crippen LogP contribution in [0.2, 0.25) is 0 Å². The van der Waals surface area contributed by atoms with E-state index >= 15 is 0 Å². The monoisotopic (exact) mass is 489 g/mol. The van der Waals surface area contributed by atoms with Gasteiger partial charge in [0.2, 0.25) is 0 Å². The second kappa shape index (κ2) is 9.49. The van der Waals surface area contributed by atoms with Crippen molar-refractivity contribution in [1.82, 2.24) is 5.32 Å². The van der Waals surface area contributed by atoms with Crippen LogP contribution in [0.4, 0.5) is 16.2 Å². The van der Waals surface area contributed by atoms with E-state index in [1.807, 2.05) is 55.4 Å². The summed E-state index contributed by atoms with van der Waals surface area (Å²) in [5.74, 6) is -0.0462.